The molecule has 2 aromatic carbocycles. The number of carbonyl (C=O) groups is 5. The molecule has 0 amide bonds. The molecule has 0 saturated heterocycles. The van der Waals surface area contributed by atoms with Crippen molar-refractivity contribution in [3.63, 3.8) is 0 Å². The highest BCUT2D eigenvalue weighted by atomic mass is 16.5. The largest absolute Gasteiger partial charge is 0.463 e. The molecule has 0 radical (unpaired) electrons. The van der Waals surface area contributed by atoms with Gasteiger partial charge in [0.15, 0.2) is 0 Å². The summed E-state index contributed by atoms with van der Waals surface area (Å²) in [5.41, 5.74) is -0.146. The van der Waals surface area contributed by atoms with E-state index >= 15 is 0 Å². The third-order valence-electron chi connectivity index (χ3n) is 6.84. The summed E-state index contributed by atoms with van der Waals surface area (Å²) in [6, 6.07) is 15.8. The Morgan fingerprint density at radius 3 is 1.96 bits per heavy atom. The van der Waals surface area contributed by atoms with Crippen molar-refractivity contribution < 1.29 is 42.9 Å². The number of aliphatic imine (C=N–C) groups is 1. The minimum atomic E-state index is -1.21. The summed E-state index contributed by atoms with van der Waals surface area (Å²) in [7, 11) is 0. The molecule has 1 atom stereocenters. The fourth-order valence-electron chi connectivity index (χ4n) is 5.08. The first-order chi connectivity index (χ1) is 22.3. The fraction of sp³-hybridized carbons (Fsp3) is 0.257. The van der Waals surface area contributed by atoms with Crippen molar-refractivity contribution in [2.45, 2.75) is 33.7 Å². The number of carbonyl (C=O) groups excluding carboxylic acids is 5. The molecular formula is C35H34N2O9. The van der Waals surface area contributed by atoms with Crippen LogP contribution in [0.15, 0.2) is 107 Å². The second-order valence-electron chi connectivity index (χ2n) is 9.65. The molecule has 0 aliphatic carbocycles. The Kier molecular flexibility index (Phi) is 11.2. The fourth-order valence-corrected chi connectivity index (χ4v) is 5.08. The van der Waals surface area contributed by atoms with Crippen LogP contribution >= 0.6 is 0 Å². The number of allylic oxidation sites excluding steroid dienone is 1. The Bertz CT molecular complexity index is 1670. The molecule has 0 aromatic heterocycles. The van der Waals surface area contributed by atoms with Gasteiger partial charge in [-0.2, -0.15) is 0 Å². The first kappa shape index (κ1) is 33.3. The molecule has 0 spiro atoms. The maximum absolute atomic E-state index is 14.2. The zero-order valence-electron chi connectivity index (χ0n) is 26.0. The Labute approximate surface area is 266 Å². The summed E-state index contributed by atoms with van der Waals surface area (Å²) in [4.78, 5) is 74.2. The number of benzene rings is 2. The first-order valence-electron chi connectivity index (χ1n) is 14.9. The highest BCUT2D eigenvalue weighted by Gasteiger charge is 2.49. The van der Waals surface area contributed by atoms with E-state index in [9.17, 15) is 24.0 Å². The van der Waals surface area contributed by atoms with Gasteiger partial charge in [-0.3, -0.25) is 9.79 Å². The van der Waals surface area contributed by atoms with E-state index in [1.807, 2.05) is 0 Å². The van der Waals surface area contributed by atoms with E-state index in [-0.39, 0.29) is 60.3 Å². The summed E-state index contributed by atoms with van der Waals surface area (Å²) < 4.78 is 21.3. The van der Waals surface area contributed by atoms with Crippen LogP contribution in [0.2, 0.25) is 0 Å². The summed E-state index contributed by atoms with van der Waals surface area (Å²) in [6.07, 6.45) is 3.67. The average Bonchev–Trinajstić information content (AvgIpc) is 3.40. The smallest absolute Gasteiger partial charge is 0.355 e. The van der Waals surface area contributed by atoms with E-state index in [0.29, 0.717) is 11.1 Å². The van der Waals surface area contributed by atoms with Crippen LogP contribution in [0.1, 0.15) is 43.6 Å². The van der Waals surface area contributed by atoms with Crippen LogP contribution in [0.4, 0.5) is 0 Å². The van der Waals surface area contributed by atoms with Gasteiger partial charge in [-0.25, -0.2) is 19.2 Å². The summed E-state index contributed by atoms with van der Waals surface area (Å²) in [5, 5.41) is 0. The number of ketones is 1. The number of Topliss-reactive ketones (excluding diaryl/α,β-unsaturated/α-hetero) is 1. The van der Waals surface area contributed by atoms with E-state index in [1.54, 1.807) is 88.4 Å². The van der Waals surface area contributed by atoms with Gasteiger partial charge in [0, 0.05) is 17.3 Å². The molecule has 2 aliphatic rings. The molecule has 1 unspecified atom stereocenters. The Morgan fingerprint density at radius 2 is 1.35 bits per heavy atom. The minimum absolute atomic E-state index is 0.00944. The number of hydrogen-bond donors (Lipinski definition) is 0. The molecule has 0 N–H and O–H groups in total. The van der Waals surface area contributed by atoms with Gasteiger partial charge in [-0.15, -0.1) is 0 Å². The molecule has 2 aliphatic heterocycles. The van der Waals surface area contributed by atoms with Crippen LogP contribution in [0.3, 0.4) is 0 Å². The van der Waals surface area contributed by atoms with Crippen molar-refractivity contribution >= 4 is 40.9 Å². The van der Waals surface area contributed by atoms with Crippen molar-refractivity contribution in [3.05, 3.63) is 113 Å². The van der Waals surface area contributed by atoms with Crippen LogP contribution < -0.4 is 0 Å². The molecule has 0 fully saturated rings. The first-order valence-corrected chi connectivity index (χ1v) is 14.9. The number of ether oxygens (including phenoxy) is 4. The maximum Gasteiger partial charge on any atom is 0.355 e. The quantitative estimate of drug-likeness (QED) is 0.145. The van der Waals surface area contributed by atoms with E-state index in [2.05, 4.69) is 4.99 Å². The van der Waals surface area contributed by atoms with E-state index in [0.717, 1.165) is 6.08 Å². The zero-order valence-corrected chi connectivity index (χ0v) is 26.0. The lowest BCUT2D eigenvalue weighted by atomic mass is 9.90. The predicted molar refractivity (Wildman–Crippen MR) is 168 cm³/mol. The monoisotopic (exact) mass is 626 g/mol. The van der Waals surface area contributed by atoms with Crippen LogP contribution in [0, 0.1) is 0 Å². The van der Waals surface area contributed by atoms with Crippen LogP contribution in [-0.2, 0) is 38.1 Å². The average molecular weight is 627 g/mol. The summed E-state index contributed by atoms with van der Waals surface area (Å²) in [6.45, 7) is 6.27. The van der Waals surface area contributed by atoms with Gasteiger partial charge in [-0.05, 0) is 39.3 Å². The molecule has 4 rings (SSSR count). The van der Waals surface area contributed by atoms with Crippen molar-refractivity contribution in [2.75, 3.05) is 26.4 Å². The molecule has 2 bridgehead atoms. The van der Waals surface area contributed by atoms with Gasteiger partial charge in [0.05, 0.1) is 55.4 Å². The Balaban J connectivity index is 2.22. The van der Waals surface area contributed by atoms with Crippen molar-refractivity contribution in [1.29, 1.82) is 0 Å². The molecule has 11 nitrogen and oxygen atoms in total. The Hall–Kier alpha value is -5.58. The molecule has 2 heterocycles. The lowest BCUT2D eigenvalue weighted by molar-refractivity contribution is -0.142. The molecule has 46 heavy (non-hydrogen) atoms. The van der Waals surface area contributed by atoms with Crippen LogP contribution in [0.25, 0.3) is 5.57 Å². The number of rotatable bonds is 12. The lowest BCUT2D eigenvalue weighted by Crippen LogP contribution is -2.37. The summed E-state index contributed by atoms with van der Waals surface area (Å²) >= 11 is 0. The minimum Gasteiger partial charge on any atom is -0.463 e. The van der Waals surface area contributed by atoms with Crippen molar-refractivity contribution in [1.82, 2.24) is 4.90 Å². The third-order valence-corrected chi connectivity index (χ3v) is 6.84. The molecule has 238 valence electrons. The maximum atomic E-state index is 14.2. The topological polar surface area (TPSA) is 138 Å². The molecule has 0 saturated carbocycles. The van der Waals surface area contributed by atoms with Gasteiger partial charge in [0.1, 0.15) is 11.4 Å². The van der Waals surface area contributed by atoms with Gasteiger partial charge in [0.2, 0.25) is 5.78 Å². The van der Waals surface area contributed by atoms with Gasteiger partial charge in [0.25, 0.3) is 0 Å². The predicted octanol–water partition coefficient (Wildman–Crippen LogP) is 4.37. The zero-order chi connectivity index (χ0) is 33.2. The second kappa shape index (κ2) is 15.4. The van der Waals surface area contributed by atoms with E-state index in [4.69, 9.17) is 18.9 Å². The number of hydrogen-bond acceptors (Lipinski definition) is 11. The van der Waals surface area contributed by atoms with Crippen molar-refractivity contribution in [2.24, 2.45) is 4.99 Å². The highest BCUT2D eigenvalue weighted by molar-refractivity contribution is 6.61. The van der Waals surface area contributed by atoms with Crippen molar-refractivity contribution in [3.8, 4) is 0 Å². The van der Waals surface area contributed by atoms with E-state index in [1.165, 1.54) is 17.2 Å². The van der Waals surface area contributed by atoms with Crippen LogP contribution in [0.5, 0.6) is 0 Å². The third kappa shape index (κ3) is 6.88. The lowest BCUT2D eigenvalue weighted by Gasteiger charge is -2.31. The summed E-state index contributed by atoms with van der Waals surface area (Å²) in [5.74, 6) is -4.11. The highest BCUT2D eigenvalue weighted by Crippen LogP contribution is 2.44. The standard InChI is InChI=1S/C35H34N2O9/c1-5-43-26(38)21-25(33(40)44-6-2)37-24-19-20-36-30(32(39)23-17-13-10-14-18-23)27(22-15-11-9-12-16-22)31(37)29(35(42)46-8-4)28(24)34(41)45-7-3/h9-21,24H,5-8H2,1-4H3/b20-19-,25-21+,31-27-,36-30+. The molecule has 2 aromatic rings. The number of esters is 4. The van der Waals surface area contributed by atoms with Crippen LogP contribution in [-0.4, -0.2) is 72.7 Å². The van der Waals surface area contributed by atoms with Gasteiger partial charge < -0.3 is 23.8 Å². The van der Waals surface area contributed by atoms with Gasteiger partial charge >= 0.3 is 23.9 Å². The second-order valence-corrected chi connectivity index (χ2v) is 9.65. The van der Waals surface area contributed by atoms with Gasteiger partial charge in [-0.1, -0.05) is 60.7 Å². The molecular weight excluding hydrogens is 592 g/mol. The molecule has 11 heteroatoms. The normalized spacial score (nSPS) is 19.3. The Morgan fingerprint density at radius 1 is 0.761 bits per heavy atom. The van der Waals surface area contributed by atoms with E-state index < -0.39 is 35.7 Å². The number of fused-ring (bicyclic) bond motifs is 2. The number of nitrogens with zero attached hydrogens (tertiary/aromatic N) is 2. The SMILES string of the molecule is CCOC(=O)/C=C(\C(=O)OCC)N1\C2=C(c3ccccc3)/C(C(=O)c3ccccc3)=N\C=C/C1C(C(=O)OCC)=C2C(=O)OCC.